The SMILES string of the molecule is CC(C)(C)OC(=O)N1CCN(c2cc(N3CCC3)nc3cc([C@H]4CCCCN4C(=O)c4cc(Cl)ccc4NS(C)(=O)=O)nn23)CC1. The van der Waals surface area contributed by atoms with Crippen LogP contribution in [0, 0.1) is 0 Å². The Balaban J connectivity index is 1.32. The second-order valence-electron chi connectivity index (χ2n) is 13.2. The summed E-state index contributed by atoms with van der Waals surface area (Å²) in [6, 6.07) is 8.24. The highest BCUT2D eigenvalue weighted by Gasteiger charge is 2.34. The minimum absolute atomic E-state index is 0.185. The van der Waals surface area contributed by atoms with Gasteiger partial charge in [-0.25, -0.2) is 18.2 Å². The topological polar surface area (TPSA) is 133 Å². The van der Waals surface area contributed by atoms with E-state index in [4.69, 9.17) is 26.4 Å². The van der Waals surface area contributed by atoms with Crippen molar-refractivity contribution in [1.82, 2.24) is 24.4 Å². The molecular weight excluding hydrogens is 632 g/mol. The first-order chi connectivity index (χ1) is 21.8. The number of hydrogen-bond donors (Lipinski definition) is 1. The van der Waals surface area contributed by atoms with E-state index in [1.807, 2.05) is 31.4 Å². The first kappa shape index (κ1) is 32.2. The fourth-order valence-corrected chi connectivity index (χ4v) is 6.87. The molecule has 1 aromatic carbocycles. The number of fused-ring (bicyclic) bond motifs is 1. The minimum atomic E-state index is -3.63. The standard InChI is InChI=1S/C31H41ClN8O5S/c1-31(2,3)45-30(42)38-16-14-37(15-17-38)28-20-26(36-11-7-12-36)33-27-19-24(34-40(27)28)25-8-5-6-13-39(25)29(41)22-18-21(32)9-10-23(22)35-46(4,43)44/h9-10,18-20,25,35H,5-8,11-17H2,1-4H3/t25-/m1/s1. The highest BCUT2D eigenvalue weighted by atomic mass is 35.5. The average Bonchev–Trinajstić information content (AvgIpc) is 3.39. The average molecular weight is 673 g/mol. The number of nitrogens with one attached hydrogen (secondary N) is 1. The number of piperazine rings is 1. The largest absolute Gasteiger partial charge is 0.444 e. The summed E-state index contributed by atoms with van der Waals surface area (Å²) >= 11 is 6.27. The molecule has 3 saturated heterocycles. The van der Waals surface area contributed by atoms with Gasteiger partial charge >= 0.3 is 6.09 Å². The number of sulfonamides is 1. The number of ether oxygens (including phenoxy) is 1. The Morgan fingerprint density at radius 3 is 2.35 bits per heavy atom. The van der Waals surface area contributed by atoms with Crippen LogP contribution < -0.4 is 14.5 Å². The van der Waals surface area contributed by atoms with Crippen LogP contribution in [0.2, 0.25) is 5.02 Å². The van der Waals surface area contributed by atoms with Crippen molar-refractivity contribution < 1.29 is 22.7 Å². The van der Waals surface area contributed by atoms with Crippen LogP contribution in [0.1, 0.15) is 68.5 Å². The third-order valence-corrected chi connectivity index (χ3v) is 9.29. The lowest BCUT2D eigenvalue weighted by molar-refractivity contribution is 0.0240. The zero-order valence-electron chi connectivity index (χ0n) is 26.7. The van der Waals surface area contributed by atoms with E-state index in [1.54, 1.807) is 15.9 Å². The molecule has 46 heavy (non-hydrogen) atoms. The van der Waals surface area contributed by atoms with E-state index >= 15 is 0 Å². The number of benzene rings is 1. The van der Waals surface area contributed by atoms with Crippen LogP contribution in [0.15, 0.2) is 30.3 Å². The molecule has 3 fully saturated rings. The first-order valence-electron chi connectivity index (χ1n) is 15.7. The minimum Gasteiger partial charge on any atom is -0.444 e. The molecular formula is C31H41ClN8O5S. The Bertz CT molecular complexity index is 1750. The van der Waals surface area contributed by atoms with E-state index in [0.717, 1.165) is 55.9 Å². The van der Waals surface area contributed by atoms with Gasteiger partial charge < -0.3 is 24.3 Å². The maximum Gasteiger partial charge on any atom is 0.410 e. The summed E-state index contributed by atoms with van der Waals surface area (Å²) in [5.41, 5.74) is 1.22. The van der Waals surface area contributed by atoms with Crippen LogP contribution in [0.4, 0.5) is 22.1 Å². The normalized spacial score (nSPS) is 19.3. The summed E-state index contributed by atoms with van der Waals surface area (Å²) in [5.74, 6) is 1.44. The van der Waals surface area contributed by atoms with Gasteiger partial charge in [0.25, 0.3) is 5.91 Å². The summed E-state index contributed by atoms with van der Waals surface area (Å²) in [6.07, 6.45) is 4.28. The summed E-state index contributed by atoms with van der Waals surface area (Å²) < 4.78 is 34.0. The molecule has 0 saturated carbocycles. The number of carbonyl (C=O) groups excluding carboxylic acids is 2. The molecule has 1 N–H and O–H groups in total. The number of carbonyl (C=O) groups is 2. The molecule has 15 heteroatoms. The number of halogens is 1. The molecule has 13 nitrogen and oxygen atoms in total. The quantitative estimate of drug-likeness (QED) is 0.405. The van der Waals surface area contributed by atoms with Crippen molar-refractivity contribution in [3.05, 3.63) is 46.6 Å². The van der Waals surface area contributed by atoms with E-state index in [2.05, 4.69) is 20.6 Å². The zero-order valence-corrected chi connectivity index (χ0v) is 28.3. The molecule has 1 atom stereocenters. The third-order valence-electron chi connectivity index (χ3n) is 8.46. The fraction of sp³-hybridized carbons (Fsp3) is 0.548. The number of piperidine rings is 1. The van der Waals surface area contributed by atoms with Gasteiger partial charge in [0.1, 0.15) is 17.2 Å². The Morgan fingerprint density at radius 2 is 1.70 bits per heavy atom. The van der Waals surface area contributed by atoms with Crippen LogP contribution in [-0.4, -0.2) is 102 Å². The number of amides is 2. The van der Waals surface area contributed by atoms with Gasteiger partial charge in [-0.1, -0.05) is 11.6 Å². The van der Waals surface area contributed by atoms with Crippen LogP contribution in [-0.2, 0) is 14.8 Å². The molecule has 0 radical (unpaired) electrons. The molecule has 3 aliphatic rings. The number of hydrogen-bond acceptors (Lipinski definition) is 9. The lowest BCUT2D eigenvalue weighted by Crippen LogP contribution is -2.50. The molecule has 6 rings (SSSR count). The van der Waals surface area contributed by atoms with Gasteiger partial charge in [0.15, 0.2) is 5.65 Å². The van der Waals surface area contributed by atoms with E-state index in [-0.39, 0.29) is 29.3 Å². The molecule has 2 amide bonds. The molecule has 5 heterocycles. The van der Waals surface area contributed by atoms with Gasteiger partial charge in [-0.05, 0) is 64.7 Å². The van der Waals surface area contributed by atoms with E-state index in [0.29, 0.717) is 49.8 Å². The van der Waals surface area contributed by atoms with Crippen LogP contribution in [0.25, 0.3) is 5.65 Å². The van der Waals surface area contributed by atoms with Crippen molar-refractivity contribution in [3.63, 3.8) is 0 Å². The summed E-state index contributed by atoms with van der Waals surface area (Å²) in [7, 11) is -3.63. The highest BCUT2D eigenvalue weighted by Crippen LogP contribution is 2.35. The Morgan fingerprint density at radius 1 is 0.957 bits per heavy atom. The Hall–Kier alpha value is -3.78. The molecule has 2 aromatic heterocycles. The fourth-order valence-electron chi connectivity index (χ4n) is 6.12. The second-order valence-corrected chi connectivity index (χ2v) is 15.4. The lowest BCUT2D eigenvalue weighted by Gasteiger charge is -2.37. The van der Waals surface area contributed by atoms with Crippen molar-refractivity contribution in [1.29, 1.82) is 0 Å². The Kier molecular flexibility index (Phi) is 8.70. The van der Waals surface area contributed by atoms with E-state index in [9.17, 15) is 18.0 Å². The number of rotatable bonds is 6. The molecule has 0 bridgehead atoms. The van der Waals surface area contributed by atoms with Crippen molar-refractivity contribution >= 4 is 56.6 Å². The van der Waals surface area contributed by atoms with Gasteiger partial charge in [-0.3, -0.25) is 9.52 Å². The predicted octanol–water partition coefficient (Wildman–Crippen LogP) is 4.39. The van der Waals surface area contributed by atoms with Crippen LogP contribution in [0.3, 0.4) is 0 Å². The third kappa shape index (κ3) is 6.97. The number of likely N-dealkylation sites (tertiary alicyclic amines) is 1. The summed E-state index contributed by atoms with van der Waals surface area (Å²) in [5, 5.41) is 5.38. The van der Waals surface area contributed by atoms with Crippen molar-refractivity contribution in [2.75, 3.05) is 66.6 Å². The lowest BCUT2D eigenvalue weighted by atomic mass is 9.98. The monoisotopic (exact) mass is 672 g/mol. The molecule has 3 aromatic rings. The van der Waals surface area contributed by atoms with Gasteiger partial charge in [0.05, 0.1) is 29.2 Å². The predicted molar refractivity (Wildman–Crippen MR) is 177 cm³/mol. The maximum atomic E-state index is 14.1. The molecule has 3 aliphatic heterocycles. The van der Waals surface area contributed by atoms with Gasteiger partial charge in [0.2, 0.25) is 10.0 Å². The van der Waals surface area contributed by atoms with Gasteiger partial charge in [-0.15, -0.1) is 0 Å². The van der Waals surface area contributed by atoms with E-state index < -0.39 is 15.6 Å². The van der Waals surface area contributed by atoms with Crippen LogP contribution >= 0.6 is 11.6 Å². The van der Waals surface area contributed by atoms with Gasteiger partial charge in [-0.2, -0.15) is 9.61 Å². The summed E-state index contributed by atoms with van der Waals surface area (Å²) in [6.45, 7) is 10.2. The zero-order chi connectivity index (χ0) is 32.8. The summed E-state index contributed by atoms with van der Waals surface area (Å²) in [4.78, 5) is 39.7. The second kappa shape index (κ2) is 12.4. The van der Waals surface area contributed by atoms with Crippen molar-refractivity contribution in [2.45, 2.75) is 58.1 Å². The Labute approximate surface area is 274 Å². The highest BCUT2D eigenvalue weighted by molar-refractivity contribution is 7.92. The smallest absolute Gasteiger partial charge is 0.410 e. The van der Waals surface area contributed by atoms with Crippen molar-refractivity contribution in [3.8, 4) is 0 Å². The number of aromatic nitrogens is 3. The number of anilines is 3. The van der Waals surface area contributed by atoms with E-state index in [1.165, 1.54) is 12.1 Å². The first-order valence-corrected chi connectivity index (χ1v) is 18.0. The number of nitrogens with zero attached hydrogens (tertiary/aromatic N) is 7. The maximum absolute atomic E-state index is 14.1. The molecule has 0 unspecified atom stereocenters. The molecule has 248 valence electrons. The molecule has 0 spiro atoms. The van der Waals surface area contributed by atoms with Crippen molar-refractivity contribution in [2.24, 2.45) is 0 Å². The van der Waals surface area contributed by atoms with Gasteiger partial charge in [0, 0.05) is 63.0 Å². The molecule has 0 aliphatic carbocycles. The van der Waals surface area contributed by atoms with Crippen LogP contribution in [0.5, 0.6) is 0 Å².